The molecule has 2 atom stereocenters. The summed E-state index contributed by atoms with van der Waals surface area (Å²) in [6.07, 6.45) is 1.32. The van der Waals surface area contributed by atoms with Gasteiger partial charge in [0.05, 0.1) is 12.1 Å². The van der Waals surface area contributed by atoms with Crippen LogP contribution in [0.5, 0.6) is 0 Å². The Hall–Kier alpha value is 0.290. The van der Waals surface area contributed by atoms with Gasteiger partial charge in [-0.15, -0.1) is 0 Å². The van der Waals surface area contributed by atoms with Gasteiger partial charge < -0.3 is 11.5 Å². The number of hydrogen-bond donors (Lipinski definition) is 2. The summed E-state index contributed by atoms with van der Waals surface area (Å²) in [6.45, 7) is 0. The smallest absolute Gasteiger partial charge is 0.135 e. The summed E-state index contributed by atoms with van der Waals surface area (Å²) in [5.41, 5.74) is 11.2. The number of allylic oxidation sites excluding steroid dienone is 2. The van der Waals surface area contributed by atoms with E-state index in [1.165, 1.54) is 6.08 Å². The minimum atomic E-state index is -0.491. The molecule has 1 aliphatic carbocycles. The molecule has 0 saturated heterocycles. The number of halogens is 3. The Bertz CT molecular complexity index is 237. The molecule has 0 radical (unpaired) electrons. The molecule has 0 saturated carbocycles. The van der Waals surface area contributed by atoms with Crippen LogP contribution >= 0.6 is 31.9 Å². The quantitative estimate of drug-likeness (QED) is 0.709. The third kappa shape index (κ3) is 1.72. The monoisotopic (exact) mass is 284 g/mol. The average molecular weight is 286 g/mol. The second-order valence-corrected chi connectivity index (χ2v) is 4.05. The van der Waals surface area contributed by atoms with Gasteiger partial charge in [0.25, 0.3) is 0 Å². The second-order valence-electron chi connectivity index (χ2n) is 2.28. The molecule has 0 spiro atoms. The van der Waals surface area contributed by atoms with Crippen LogP contribution in [-0.4, -0.2) is 12.1 Å². The summed E-state index contributed by atoms with van der Waals surface area (Å²) < 4.78 is 13.8. The fourth-order valence-electron chi connectivity index (χ4n) is 0.775. The number of hydrogen-bond acceptors (Lipinski definition) is 2. The Morgan fingerprint density at radius 3 is 2.36 bits per heavy atom. The molecule has 0 amide bonds. The third-order valence-electron chi connectivity index (χ3n) is 1.49. The highest BCUT2D eigenvalue weighted by Crippen LogP contribution is 2.29. The van der Waals surface area contributed by atoms with Crippen LogP contribution < -0.4 is 11.5 Å². The van der Waals surface area contributed by atoms with E-state index in [0.717, 1.165) is 0 Å². The van der Waals surface area contributed by atoms with Crippen molar-refractivity contribution < 1.29 is 4.39 Å². The van der Waals surface area contributed by atoms with Gasteiger partial charge in [-0.25, -0.2) is 4.39 Å². The van der Waals surface area contributed by atoms with E-state index in [2.05, 4.69) is 31.9 Å². The molecule has 0 heterocycles. The van der Waals surface area contributed by atoms with E-state index in [1.807, 2.05) is 0 Å². The van der Waals surface area contributed by atoms with Crippen LogP contribution in [0.3, 0.4) is 0 Å². The van der Waals surface area contributed by atoms with Crippen molar-refractivity contribution in [3.05, 3.63) is 20.9 Å². The molecule has 0 fully saturated rings. The molecule has 0 aromatic carbocycles. The predicted octanol–water partition coefficient (Wildman–Crippen LogP) is 1.51. The molecular formula is C6H7Br2FN2. The second kappa shape index (κ2) is 3.35. The molecule has 0 aromatic rings. The summed E-state index contributed by atoms with van der Waals surface area (Å²) in [5.74, 6) is -0.369. The van der Waals surface area contributed by atoms with E-state index < -0.39 is 6.04 Å². The van der Waals surface area contributed by atoms with Crippen molar-refractivity contribution >= 4 is 31.9 Å². The largest absolute Gasteiger partial charge is 0.322 e. The maximum atomic E-state index is 12.8. The van der Waals surface area contributed by atoms with E-state index >= 15 is 0 Å². The summed E-state index contributed by atoms with van der Waals surface area (Å²) in [6, 6.07) is -0.849. The van der Waals surface area contributed by atoms with Crippen molar-refractivity contribution in [3.63, 3.8) is 0 Å². The first-order valence-corrected chi connectivity index (χ1v) is 4.56. The van der Waals surface area contributed by atoms with Crippen LogP contribution in [0, 0.1) is 0 Å². The minimum Gasteiger partial charge on any atom is -0.322 e. The van der Waals surface area contributed by atoms with Crippen LogP contribution in [0.4, 0.5) is 4.39 Å². The standard InChI is InChI=1S/C6H7Br2FN2/c7-2-1-3(9)4(8)6(11)5(2)10/h1,5-6H,10-11H2. The fraction of sp³-hybridized carbons (Fsp3) is 0.333. The van der Waals surface area contributed by atoms with Gasteiger partial charge in [-0.2, -0.15) is 0 Å². The van der Waals surface area contributed by atoms with Crippen molar-refractivity contribution in [1.29, 1.82) is 0 Å². The predicted molar refractivity (Wildman–Crippen MR) is 50.0 cm³/mol. The molecule has 0 aromatic heterocycles. The zero-order valence-corrected chi connectivity index (χ0v) is 8.69. The van der Waals surface area contributed by atoms with Crippen molar-refractivity contribution in [2.75, 3.05) is 0 Å². The first kappa shape index (κ1) is 9.38. The molecule has 1 rings (SSSR count). The van der Waals surface area contributed by atoms with Gasteiger partial charge in [0, 0.05) is 8.96 Å². The third-order valence-corrected chi connectivity index (χ3v) is 3.16. The van der Waals surface area contributed by atoms with Gasteiger partial charge in [0.2, 0.25) is 0 Å². The first-order valence-electron chi connectivity index (χ1n) is 2.97. The zero-order chi connectivity index (χ0) is 8.59. The van der Waals surface area contributed by atoms with Gasteiger partial charge in [0.15, 0.2) is 0 Å². The molecule has 5 heteroatoms. The van der Waals surface area contributed by atoms with E-state index in [1.54, 1.807) is 0 Å². The summed E-state index contributed by atoms with van der Waals surface area (Å²) in [7, 11) is 0. The molecule has 2 unspecified atom stereocenters. The fourth-order valence-corrected chi connectivity index (χ4v) is 1.66. The van der Waals surface area contributed by atoms with Crippen molar-refractivity contribution in [2.45, 2.75) is 12.1 Å². The molecular weight excluding hydrogens is 279 g/mol. The van der Waals surface area contributed by atoms with E-state index in [-0.39, 0.29) is 11.9 Å². The summed E-state index contributed by atoms with van der Waals surface area (Å²) in [4.78, 5) is 0. The Kier molecular flexibility index (Phi) is 2.85. The van der Waals surface area contributed by atoms with E-state index in [4.69, 9.17) is 11.5 Å². The van der Waals surface area contributed by atoms with Gasteiger partial charge >= 0.3 is 0 Å². The maximum absolute atomic E-state index is 12.8. The molecule has 2 nitrogen and oxygen atoms in total. The number of nitrogens with two attached hydrogens (primary N) is 2. The van der Waals surface area contributed by atoms with Crippen LogP contribution in [0.1, 0.15) is 0 Å². The summed E-state index contributed by atoms with van der Waals surface area (Å²) in [5, 5.41) is 0. The molecule has 0 aliphatic heterocycles. The Balaban J connectivity index is 3.01. The zero-order valence-electron chi connectivity index (χ0n) is 5.52. The van der Waals surface area contributed by atoms with Crippen LogP contribution in [-0.2, 0) is 0 Å². The summed E-state index contributed by atoms with van der Waals surface area (Å²) >= 11 is 6.14. The van der Waals surface area contributed by atoms with Gasteiger partial charge in [0.1, 0.15) is 5.83 Å². The molecule has 1 aliphatic rings. The van der Waals surface area contributed by atoms with Gasteiger partial charge in [-0.1, -0.05) is 31.9 Å². The molecule has 4 N–H and O–H groups in total. The highest BCUT2D eigenvalue weighted by Gasteiger charge is 2.25. The highest BCUT2D eigenvalue weighted by atomic mass is 79.9. The van der Waals surface area contributed by atoms with Gasteiger partial charge in [-0.3, -0.25) is 0 Å². The van der Waals surface area contributed by atoms with Crippen LogP contribution in [0.25, 0.3) is 0 Å². The number of rotatable bonds is 0. The topological polar surface area (TPSA) is 52.0 Å². The van der Waals surface area contributed by atoms with E-state index in [0.29, 0.717) is 8.96 Å². The Morgan fingerprint density at radius 2 is 1.82 bits per heavy atom. The molecule has 11 heavy (non-hydrogen) atoms. The average Bonchev–Trinajstić information content (AvgIpc) is 1.97. The molecule has 62 valence electrons. The Labute approximate surface area is 80.8 Å². The van der Waals surface area contributed by atoms with Crippen molar-refractivity contribution in [3.8, 4) is 0 Å². The van der Waals surface area contributed by atoms with E-state index in [9.17, 15) is 4.39 Å². The SMILES string of the molecule is NC1C(Br)=CC(F)=C(Br)C1N. The lowest BCUT2D eigenvalue weighted by molar-refractivity contribution is 0.603. The molecule has 0 bridgehead atoms. The van der Waals surface area contributed by atoms with Crippen molar-refractivity contribution in [2.24, 2.45) is 11.5 Å². The van der Waals surface area contributed by atoms with Crippen LogP contribution in [0.15, 0.2) is 20.9 Å². The van der Waals surface area contributed by atoms with Crippen LogP contribution in [0.2, 0.25) is 0 Å². The normalized spacial score (nSPS) is 32.3. The maximum Gasteiger partial charge on any atom is 0.135 e. The first-order chi connectivity index (χ1) is 5.04. The lowest BCUT2D eigenvalue weighted by Crippen LogP contribution is -2.43. The lowest BCUT2D eigenvalue weighted by atomic mass is 10.0. The highest BCUT2D eigenvalue weighted by molar-refractivity contribution is 9.12. The van der Waals surface area contributed by atoms with Gasteiger partial charge in [-0.05, 0) is 6.08 Å². The minimum absolute atomic E-state index is 0.327. The van der Waals surface area contributed by atoms with Crippen molar-refractivity contribution in [1.82, 2.24) is 0 Å². The Morgan fingerprint density at radius 1 is 1.27 bits per heavy atom. The lowest BCUT2D eigenvalue weighted by Gasteiger charge is -2.23.